The largest absolute Gasteiger partial charge is 0.423 e. The van der Waals surface area contributed by atoms with Crippen LogP contribution in [0.3, 0.4) is 0 Å². The quantitative estimate of drug-likeness (QED) is 0.774. The Hall–Kier alpha value is -2.08. The minimum atomic E-state index is 0.466. The van der Waals surface area contributed by atoms with E-state index in [1.54, 1.807) is 12.1 Å². The van der Waals surface area contributed by atoms with E-state index in [0.29, 0.717) is 16.6 Å². The Morgan fingerprint density at radius 3 is 2.67 bits per heavy atom. The predicted molar refractivity (Wildman–Crippen MR) is 94.8 cm³/mol. The summed E-state index contributed by atoms with van der Waals surface area (Å²) in [5.41, 5.74) is 3.69. The second-order valence-corrected chi connectivity index (χ2v) is 6.28. The molecular formula is C18H18ClN3O2. The lowest BCUT2D eigenvalue weighted by Crippen LogP contribution is -2.35. The van der Waals surface area contributed by atoms with E-state index in [1.165, 1.54) is 5.56 Å². The van der Waals surface area contributed by atoms with Gasteiger partial charge in [0.25, 0.3) is 6.01 Å². The predicted octanol–water partition coefficient (Wildman–Crippen LogP) is 4.06. The number of oxazole rings is 1. The minimum Gasteiger partial charge on any atom is -0.423 e. The molecule has 1 aliphatic rings. The lowest BCUT2D eigenvalue weighted by Gasteiger charge is -2.26. The van der Waals surface area contributed by atoms with Crippen molar-refractivity contribution in [1.29, 1.82) is 0 Å². The summed E-state index contributed by atoms with van der Waals surface area (Å²) in [4.78, 5) is 6.80. The van der Waals surface area contributed by atoms with Gasteiger partial charge in [0.2, 0.25) is 0 Å². The number of nitrogens with zero attached hydrogens (tertiary/aromatic N) is 2. The average Bonchev–Trinajstić information content (AvgIpc) is 2.99. The Bertz CT molecular complexity index is 826. The van der Waals surface area contributed by atoms with Gasteiger partial charge in [-0.15, -0.1) is 0 Å². The fourth-order valence-corrected chi connectivity index (χ4v) is 2.95. The van der Waals surface area contributed by atoms with Crippen LogP contribution in [-0.4, -0.2) is 36.2 Å². The fraction of sp³-hybridized carbons (Fsp3) is 0.278. The molecule has 1 saturated heterocycles. The Morgan fingerprint density at radius 2 is 1.88 bits per heavy atom. The monoisotopic (exact) mass is 343 g/mol. The number of benzene rings is 2. The van der Waals surface area contributed by atoms with E-state index >= 15 is 0 Å². The van der Waals surface area contributed by atoms with Crippen molar-refractivity contribution in [3.8, 4) is 0 Å². The first-order valence-corrected chi connectivity index (χ1v) is 8.36. The van der Waals surface area contributed by atoms with Gasteiger partial charge in [0.05, 0.1) is 13.2 Å². The summed E-state index contributed by atoms with van der Waals surface area (Å²) in [6, 6.07) is 14.2. The van der Waals surface area contributed by atoms with Crippen molar-refractivity contribution < 1.29 is 9.15 Å². The van der Waals surface area contributed by atoms with E-state index in [1.807, 2.05) is 18.2 Å². The molecule has 2 aromatic carbocycles. The Balaban J connectivity index is 1.44. The highest BCUT2D eigenvalue weighted by atomic mass is 35.5. The van der Waals surface area contributed by atoms with Gasteiger partial charge in [-0.1, -0.05) is 23.7 Å². The van der Waals surface area contributed by atoms with Crippen LogP contribution in [0.25, 0.3) is 11.1 Å². The Kier molecular flexibility index (Phi) is 4.38. The summed E-state index contributed by atoms with van der Waals surface area (Å²) < 4.78 is 11.1. The average molecular weight is 344 g/mol. The number of aromatic nitrogens is 1. The second kappa shape index (κ2) is 6.81. The van der Waals surface area contributed by atoms with Crippen LogP contribution in [-0.2, 0) is 11.3 Å². The van der Waals surface area contributed by atoms with E-state index in [2.05, 4.69) is 27.3 Å². The van der Waals surface area contributed by atoms with Gasteiger partial charge < -0.3 is 14.5 Å². The van der Waals surface area contributed by atoms with Crippen LogP contribution in [0.5, 0.6) is 0 Å². The maximum atomic E-state index is 5.97. The molecule has 0 saturated carbocycles. The third kappa shape index (κ3) is 3.53. The number of hydrogen-bond donors (Lipinski definition) is 1. The van der Waals surface area contributed by atoms with Crippen LogP contribution in [0.15, 0.2) is 46.9 Å². The smallest absolute Gasteiger partial charge is 0.300 e. The van der Waals surface area contributed by atoms with Gasteiger partial charge in [-0.05, 0) is 35.9 Å². The molecule has 4 rings (SSSR count). The number of fused-ring (bicyclic) bond motifs is 1. The van der Waals surface area contributed by atoms with Gasteiger partial charge in [-0.25, -0.2) is 0 Å². The van der Waals surface area contributed by atoms with E-state index in [4.69, 9.17) is 20.8 Å². The third-order valence-corrected chi connectivity index (χ3v) is 4.30. The van der Waals surface area contributed by atoms with Crippen molar-refractivity contribution in [3.63, 3.8) is 0 Å². The van der Waals surface area contributed by atoms with Crippen LogP contribution in [0.1, 0.15) is 5.56 Å². The molecule has 1 fully saturated rings. The van der Waals surface area contributed by atoms with E-state index < -0.39 is 0 Å². The molecule has 24 heavy (non-hydrogen) atoms. The van der Waals surface area contributed by atoms with E-state index in [0.717, 1.165) is 44.1 Å². The number of rotatable bonds is 4. The molecule has 0 bridgehead atoms. The van der Waals surface area contributed by atoms with Gasteiger partial charge >= 0.3 is 0 Å². The lowest BCUT2D eigenvalue weighted by molar-refractivity contribution is 0.0342. The Morgan fingerprint density at radius 1 is 1.08 bits per heavy atom. The Labute approximate surface area is 145 Å². The summed E-state index contributed by atoms with van der Waals surface area (Å²) in [6.45, 7) is 4.57. The van der Waals surface area contributed by atoms with Crippen LogP contribution in [0, 0.1) is 0 Å². The maximum absolute atomic E-state index is 5.97. The number of anilines is 2. The molecule has 5 nitrogen and oxygen atoms in total. The van der Waals surface area contributed by atoms with E-state index in [-0.39, 0.29) is 0 Å². The van der Waals surface area contributed by atoms with Crippen LogP contribution in [0.4, 0.5) is 11.7 Å². The molecule has 124 valence electrons. The van der Waals surface area contributed by atoms with Crippen LogP contribution in [0.2, 0.25) is 5.02 Å². The van der Waals surface area contributed by atoms with Gasteiger partial charge in [-0.2, -0.15) is 4.98 Å². The fourth-order valence-electron chi connectivity index (χ4n) is 2.79. The maximum Gasteiger partial charge on any atom is 0.300 e. The summed E-state index contributed by atoms with van der Waals surface area (Å²) in [7, 11) is 0. The SMILES string of the molecule is Clc1ccc2oc(Nc3ccc(CN4CCOCC4)cc3)nc2c1. The lowest BCUT2D eigenvalue weighted by atomic mass is 10.2. The first-order valence-electron chi connectivity index (χ1n) is 7.98. The molecule has 0 aliphatic carbocycles. The topological polar surface area (TPSA) is 50.5 Å². The highest BCUT2D eigenvalue weighted by Crippen LogP contribution is 2.24. The van der Waals surface area contributed by atoms with Gasteiger partial charge in [-0.3, -0.25) is 4.90 Å². The molecule has 6 heteroatoms. The number of ether oxygens (including phenoxy) is 1. The standard InChI is InChI=1S/C18H18ClN3O2/c19-14-3-6-17-16(11-14)21-18(24-17)20-15-4-1-13(2-5-15)12-22-7-9-23-10-8-22/h1-6,11H,7-10,12H2,(H,20,21). The first kappa shape index (κ1) is 15.4. The van der Waals surface area contributed by atoms with Crippen molar-refractivity contribution >= 4 is 34.4 Å². The van der Waals surface area contributed by atoms with Crippen molar-refractivity contribution in [2.45, 2.75) is 6.54 Å². The summed E-state index contributed by atoms with van der Waals surface area (Å²) in [6.07, 6.45) is 0. The summed E-state index contributed by atoms with van der Waals surface area (Å²) in [5.74, 6) is 0. The highest BCUT2D eigenvalue weighted by molar-refractivity contribution is 6.31. The third-order valence-electron chi connectivity index (χ3n) is 4.06. The molecule has 3 aromatic rings. The highest BCUT2D eigenvalue weighted by Gasteiger charge is 2.11. The molecule has 1 aliphatic heterocycles. The molecular weight excluding hydrogens is 326 g/mol. The molecule has 1 aromatic heterocycles. The molecule has 0 spiro atoms. The number of morpholine rings is 1. The van der Waals surface area contributed by atoms with Crippen molar-refractivity contribution in [2.75, 3.05) is 31.6 Å². The molecule has 0 atom stereocenters. The van der Waals surface area contributed by atoms with Crippen LogP contribution >= 0.6 is 11.6 Å². The first-order chi connectivity index (χ1) is 11.8. The zero-order chi connectivity index (χ0) is 16.4. The molecule has 2 heterocycles. The minimum absolute atomic E-state index is 0.466. The van der Waals surface area contributed by atoms with Crippen molar-refractivity contribution in [2.24, 2.45) is 0 Å². The number of nitrogens with one attached hydrogen (secondary N) is 1. The van der Waals surface area contributed by atoms with Gasteiger partial charge in [0.1, 0.15) is 5.52 Å². The number of hydrogen-bond acceptors (Lipinski definition) is 5. The van der Waals surface area contributed by atoms with Crippen molar-refractivity contribution in [1.82, 2.24) is 9.88 Å². The molecule has 1 N–H and O–H groups in total. The van der Waals surface area contributed by atoms with Crippen molar-refractivity contribution in [3.05, 3.63) is 53.1 Å². The summed E-state index contributed by atoms with van der Waals surface area (Å²) in [5, 5.41) is 3.84. The van der Waals surface area contributed by atoms with Crippen LogP contribution < -0.4 is 5.32 Å². The van der Waals surface area contributed by atoms with Gasteiger partial charge in [0, 0.05) is 30.3 Å². The molecule has 0 unspecified atom stereocenters. The zero-order valence-electron chi connectivity index (χ0n) is 13.2. The molecule has 0 amide bonds. The van der Waals surface area contributed by atoms with Gasteiger partial charge in [0.15, 0.2) is 5.58 Å². The van der Waals surface area contributed by atoms with E-state index in [9.17, 15) is 0 Å². The molecule has 0 radical (unpaired) electrons. The number of halogens is 1. The summed E-state index contributed by atoms with van der Waals surface area (Å²) >= 11 is 5.97. The normalized spacial score (nSPS) is 15.7. The second-order valence-electron chi connectivity index (χ2n) is 5.84. The zero-order valence-corrected chi connectivity index (χ0v) is 13.9.